The summed E-state index contributed by atoms with van der Waals surface area (Å²) in [5, 5.41) is 16.3. The standard InChI is InChI=1S/C15H16N6O2S/c22-14(13-9-24-15(20-13)10-5-16-17-6-10)19-11-7-18-21(8-11)12-1-3-23-4-2-12/h5-9,12H,1-4H2,(H,16,17)(H,19,22). The van der Waals surface area contributed by atoms with Crippen LogP contribution in [0.3, 0.4) is 0 Å². The van der Waals surface area contributed by atoms with E-state index in [1.807, 2.05) is 10.9 Å². The molecule has 4 heterocycles. The zero-order valence-corrected chi connectivity index (χ0v) is 13.6. The molecule has 8 nitrogen and oxygen atoms in total. The predicted molar refractivity (Wildman–Crippen MR) is 89.0 cm³/mol. The van der Waals surface area contributed by atoms with Gasteiger partial charge in [-0.25, -0.2) is 4.98 Å². The molecule has 1 saturated heterocycles. The Morgan fingerprint density at radius 3 is 3.04 bits per heavy atom. The maximum atomic E-state index is 12.3. The largest absolute Gasteiger partial charge is 0.381 e. The maximum Gasteiger partial charge on any atom is 0.275 e. The fourth-order valence-electron chi connectivity index (χ4n) is 2.63. The Kier molecular flexibility index (Phi) is 4.09. The van der Waals surface area contributed by atoms with E-state index in [0.717, 1.165) is 36.6 Å². The van der Waals surface area contributed by atoms with E-state index in [-0.39, 0.29) is 5.91 Å². The van der Waals surface area contributed by atoms with Crippen molar-refractivity contribution >= 4 is 22.9 Å². The number of amides is 1. The van der Waals surface area contributed by atoms with Crippen LogP contribution >= 0.6 is 11.3 Å². The van der Waals surface area contributed by atoms with Crippen molar-refractivity contribution in [3.8, 4) is 10.6 Å². The van der Waals surface area contributed by atoms with E-state index in [0.29, 0.717) is 17.4 Å². The van der Waals surface area contributed by atoms with Gasteiger partial charge in [0.05, 0.1) is 24.1 Å². The highest BCUT2D eigenvalue weighted by Crippen LogP contribution is 2.24. The fraction of sp³-hybridized carbons (Fsp3) is 0.333. The van der Waals surface area contributed by atoms with Gasteiger partial charge >= 0.3 is 0 Å². The molecule has 1 aliphatic heterocycles. The molecule has 0 spiro atoms. The lowest BCUT2D eigenvalue weighted by Gasteiger charge is -2.22. The molecule has 0 radical (unpaired) electrons. The first-order chi connectivity index (χ1) is 11.8. The van der Waals surface area contributed by atoms with E-state index in [4.69, 9.17) is 4.74 Å². The molecule has 24 heavy (non-hydrogen) atoms. The second kappa shape index (κ2) is 6.54. The van der Waals surface area contributed by atoms with Gasteiger partial charge in [0.2, 0.25) is 0 Å². The van der Waals surface area contributed by atoms with Gasteiger partial charge in [0, 0.05) is 36.6 Å². The molecule has 1 fully saturated rings. The number of nitrogens with one attached hydrogen (secondary N) is 2. The van der Waals surface area contributed by atoms with Crippen LogP contribution in [0.25, 0.3) is 10.6 Å². The molecule has 0 aliphatic carbocycles. The van der Waals surface area contributed by atoms with Gasteiger partial charge < -0.3 is 10.1 Å². The molecule has 0 bridgehead atoms. The van der Waals surface area contributed by atoms with Crippen LogP contribution in [0, 0.1) is 0 Å². The smallest absolute Gasteiger partial charge is 0.275 e. The highest BCUT2D eigenvalue weighted by atomic mass is 32.1. The lowest BCUT2D eigenvalue weighted by Crippen LogP contribution is -2.19. The average Bonchev–Trinajstić information content (AvgIpc) is 3.36. The number of rotatable bonds is 4. The lowest BCUT2D eigenvalue weighted by atomic mass is 10.1. The zero-order chi connectivity index (χ0) is 16.4. The molecule has 1 amide bonds. The maximum absolute atomic E-state index is 12.3. The molecule has 3 aromatic rings. The Balaban J connectivity index is 1.43. The number of hydrogen-bond donors (Lipinski definition) is 2. The summed E-state index contributed by atoms with van der Waals surface area (Å²) in [6.45, 7) is 1.50. The van der Waals surface area contributed by atoms with Crippen LogP contribution in [0.15, 0.2) is 30.2 Å². The van der Waals surface area contributed by atoms with Gasteiger partial charge in [-0.05, 0) is 12.8 Å². The minimum Gasteiger partial charge on any atom is -0.381 e. The quantitative estimate of drug-likeness (QED) is 0.757. The van der Waals surface area contributed by atoms with Gasteiger partial charge in [0.25, 0.3) is 5.91 Å². The van der Waals surface area contributed by atoms with E-state index >= 15 is 0 Å². The van der Waals surface area contributed by atoms with E-state index in [1.165, 1.54) is 11.3 Å². The first-order valence-electron chi connectivity index (χ1n) is 7.67. The van der Waals surface area contributed by atoms with Crippen LogP contribution in [0.5, 0.6) is 0 Å². The van der Waals surface area contributed by atoms with Gasteiger partial charge in [0.1, 0.15) is 10.7 Å². The van der Waals surface area contributed by atoms with Crippen molar-refractivity contribution in [2.45, 2.75) is 18.9 Å². The Morgan fingerprint density at radius 1 is 1.38 bits per heavy atom. The third-order valence-corrected chi connectivity index (χ3v) is 4.80. The summed E-state index contributed by atoms with van der Waals surface area (Å²) >= 11 is 1.41. The van der Waals surface area contributed by atoms with Gasteiger partial charge in [-0.2, -0.15) is 10.2 Å². The minimum atomic E-state index is -0.243. The summed E-state index contributed by atoms with van der Waals surface area (Å²) in [7, 11) is 0. The van der Waals surface area contributed by atoms with E-state index in [9.17, 15) is 4.79 Å². The van der Waals surface area contributed by atoms with Crippen molar-refractivity contribution < 1.29 is 9.53 Å². The zero-order valence-electron chi connectivity index (χ0n) is 12.8. The Hall–Kier alpha value is -2.52. The summed E-state index contributed by atoms with van der Waals surface area (Å²) in [6, 6.07) is 0.330. The SMILES string of the molecule is O=C(Nc1cnn(C2CCOCC2)c1)c1csc(-c2cn[nH]c2)n1. The second-order valence-corrected chi connectivity index (χ2v) is 6.39. The van der Waals surface area contributed by atoms with Crippen molar-refractivity contribution in [2.75, 3.05) is 18.5 Å². The number of thiazole rings is 1. The van der Waals surface area contributed by atoms with Crippen LogP contribution in [0.2, 0.25) is 0 Å². The number of H-pyrrole nitrogens is 1. The molecule has 0 aromatic carbocycles. The third-order valence-electron chi connectivity index (χ3n) is 3.91. The van der Waals surface area contributed by atoms with Gasteiger partial charge in [0.15, 0.2) is 0 Å². The second-order valence-electron chi connectivity index (χ2n) is 5.53. The molecule has 3 aromatic heterocycles. The van der Waals surface area contributed by atoms with Gasteiger partial charge in [-0.15, -0.1) is 11.3 Å². The van der Waals surface area contributed by atoms with E-state index in [2.05, 4.69) is 25.6 Å². The molecular formula is C15H16N6O2S. The molecule has 0 unspecified atom stereocenters. The van der Waals surface area contributed by atoms with Crippen LogP contribution in [0.1, 0.15) is 29.4 Å². The van der Waals surface area contributed by atoms with E-state index in [1.54, 1.807) is 24.0 Å². The van der Waals surface area contributed by atoms with Crippen LogP contribution in [0.4, 0.5) is 5.69 Å². The lowest BCUT2D eigenvalue weighted by molar-refractivity contribution is 0.0662. The number of hydrogen-bond acceptors (Lipinski definition) is 6. The summed E-state index contributed by atoms with van der Waals surface area (Å²) in [5.74, 6) is -0.243. The van der Waals surface area contributed by atoms with Crippen molar-refractivity contribution in [1.82, 2.24) is 25.0 Å². The topological polar surface area (TPSA) is 97.7 Å². The van der Waals surface area contributed by atoms with Crippen molar-refractivity contribution in [3.05, 3.63) is 35.9 Å². The Morgan fingerprint density at radius 2 is 2.25 bits per heavy atom. The summed E-state index contributed by atoms with van der Waals surface area (Å²) < 4.78 is 7.26. The number of nitrogens with zero attached hydrogens (tertiary/aromatic N) is 4. The van der Waals surface area contributed by atoms with Crippen molar-refractivity contribution in [1.29, 1.82) is 0 Å². The van der Waals surface area contributed by atoms with Crippen LogP contribution < -0.4 is 5.32 Å². The van der Waals surface area contributed by atoms with Gasteiger partial charge in [-0.1, -0.05) is 0 Å². The van der Waals surface area contributed by atoms with Crippen molar-refractivity contribution in [3.63, 3.8) is 0 Å². The molecule has 0 saturated carbocycles. The molecule has 4 rings (SSSR count). The first kappa shape index (κ1) is 15.0. The van der Waals surface area contributed by atoms with Crippen LogP contribution in [-0.2, 0) is 4.74 Å². The highest BCUT2D eigenvalue weighted by molar-refractivity contribution is 7.13. The van der Waals surface area contributed by atoms with Crippen molar-refractivity contribution in [2.24, 2.45) is 0 Å². The molecule has 2 N–H and O–H groups in total. The Labute approximate surface area is 141 Å². The molecule has 9 heteroatoms. The summed E-state index contributed by atoms with van der Waals surface area (Å²) in [6.07, 6.45) is 8.83. The number of aromatic amines is 1. The monoisotopic (exact) mass is 344 g/mol. The molecule has 0 atom stereocenters. The third kappa shape index (κ3) is 3.08. The molecule has 1 aliphatic rings. The van der Waals surface area contributed by atoms with Gasteiger partial charge in [-0.3, -0.25) is 14.6 Å². The van der Waals surface area contributed by atoms with Crippen LogP contribution in [-0.4, -0.2) is 44.1 Å². The molecular weight excluding hydrogens is 328 g/mol. The average molecular weight is 344 g/mol. The number of carbonyl (C=O) groups excluding carboxylic acids is 1. The first-order valence-corrected chi connectivity index (χ1v) is 8.55. The number of aromatic nitrogens is 5. The minimum absolute atomic E-state index is 0.243. The number of anilines is 1. The Bertz CT molecular complexity index is 819. The number of carbonyl (C=O) groups is 1. The summed E-state index contributed by atoms with van der Waals surface area (Å²) in [5.41, 5.74) is 1.92. The summed E-state index contributed by atoms with van der Waals surface area (Å²) in [4.78, 5) is 16.7. The normalized spacial score (nSPS) is 15.5. The molecule has 124 valence electrons. The number of ether oxygens (including phenoxy) is 1. The fourth-order valence-corrected chi connectivity index (χ4v) is 3.41. The highest BCUT2D eigenvalue weighted by Gasteiger charge is 2.18. The predicted octanol–water partition coefficient (Wildman–Crippen LogP) is 2.33. The van der Waals surface area contributed by atoms with E-state index < -0.39 is 0 Å².